The van der Waals surface area contributed by atoms with Crippen molar-refractivity contribution >= 4 is 20.2 Å². The molecule has 2 aromatic rings. The largest absolute Gasteiger partial charge is 0.298 e. The summed E-state index contributed by atoms with van der Waals surface area (Å²) in [5.74, 6) is 0. The molecule has 158 valence electrons. The van der Waals surface area contributed by atoms with E-state index in [-0.39, 0.29) is 22.9 Å². The van der Waals surface area contributed by atoms with Gasteiger partial charge in [0.05, 0.1) is 9.79 Å². The van der Waals surface area contributed by atoms with Crippen LogP contribution in [0.1, 0.15) is 18.1 Å². The van der Waals surface area contributed by atoms with Crippen molar-refractivity contribution in [2.75, 3.05) is 19.6 Å². The number of aryl methyl sites for hydroxylation is 2. The summed E-state index contributed by atoms with van der Waals surface area (Å²) in [6.45, 7) is 6.75. The van der Waals surface area contributed by atoms with Gasteiger partial charge in [0.2, 0.25) is 0 Å². The molecule has 1 aliphatic heterocycles. The molecule has 29 heavy (non-hydrogen) atoms. The van der Waals surface area contributed by atoms with Crippen molar-refractivity contribution in [1.29, 1.82) is 0 Å². The Morgan fingerprint density at radius 1 is 0.759 bits per heavy atom. The molecule has 1 fully saturated rings. The van der Waals surface area contributed by atoms with Gasteiger partial charge in [-0.15, -0.1) is 0 Å². The van der Waals surface area contributed by atoms with E-state index in [2.05, 4.69) is 0 Å². The second-order valence-corrected chi connectivity index (χ2v) is 10.3. The van der Waals surface area contributed by atoms with E-state index < -0.39 is 32.4 Å². The normalized spacial score (nSPS) is 20.8. The van der Waals surface area contributed by atoms with Gasteiger partial charge < -0.3 is 0 Å². The van der Waals surface area contributed by atoms with Crippen molar-refractivity contribution in [2.45, 2.75) is 42.8 Å². The maximum absolute atomic E-state index is 12.7. The lowest BCUT2D eigenvalue weighted by atomic mass is 10.2. The van der Waals surface area contributed by atoms with Crippen LogP contribution in [0.3, 0.4) is 0 Å². The molecule has 1 aliphatic rings. The smallest absolute Gasteiger partial charge is 0.297 e. The SMILES string of the molecule is CCN1C[C@H](OS(=O)(=O)c2ccc(C)cc2)[C@H](OS(=O)(=O)c2ccc(C)cc2)C1. The Morgan fingerprint density at radius 2 is 1.10 bits per heavy atom. The van der Waals surface area contributed by atoms with Crippen molar-refractivity contribution in [3.05, 3.63) is 59.7 Å². The lowest BCUT2D eigenvalue weighted by Gasteiger charge is -2.19. The molecule has 3 rings (SSSR count). The van der Waals surface area contributed by atoms with Gasteiger partial charge in [-0.05, 0) is 44.7 Å². The first-order valence-electron chi connectivity index (χ1n) is 9.33. The number of likely N-dealkylation sites (N-methyl/N-ethyl adjacent to an activating group) is 1. The van der Waals surface area contributed by atoms with Gasteiger partial charge in [0.15, 0.2) is 0 Å². The second-order valence-electron chi connectivity index (χ2n) is 7.16. The molecule has 1 heterocycles. The average molecular weight is 440 g/mol. The molecule has 2 atom stereocenters. The molecule has 0 unspecified atom stereocenters. The minimum Gasteiger partial charge on any atom is -0.298 e. The number of hydrogen-bond acceptors (Lipinski definition) is 7. The molecule has 0 N–H and O–H groups in total. The molecular weight excluding hydrogens is 414 g/mol. The van der Waals surface area contributed by atoms with Gasteiger partial charge in [0.25, 0.3) is 20.2 Å². The van der Waals surface area contributed by atoms with Gasteiger partial charge >= 0.3 is 0 Å². The molecule has 0 aromatic heterocycles. The van der Waals surface area contributed by atoms with Crippen LogP contribution < -0.4 is 0 Å². The number of benzene rings is 2. The highest BCUT2D eigenvalue weighted by Crippen LogP contribution is 2.26. The summed E-state index contributed by atoms with van der Waals surface area (Å²) in [5, 5.41) is 0. The highest BCUT2D eigenvalue weighted by atomic mass is 32.2. The van der Waals surface area contributed by atoms with E-state index in [9.17, 15) is 16.8 Å². The third kappa shape index (κ3) is 5.23. The van der Waals surface area contributed by atoms with E-state index in [1.807, 2.05) is 25.7 Å². The molecule has 0 bridgehead atoms. The molecule has 0 saturated carbocycles. The fourth-order valence-corrected chi connectivity index (χ4v) is 5.29. The Labute approximate surface area is 172 Å². The summed E-state index contributed by atoms with van der Waals surface area (Å²) in [6, 6.07) is 12.6. The van der Waals surface area contributed by atoms with Crippen LogP contribution in [0.2, 0.25) is 0 Å². The van der Waals surface area contributed by atoms with Gasteiger partial charge in [0.1, 0.15) is 12.2 Å². The topological polar surface area (TPSA) is 90.0 Å². The minimum atomic E-state index is -4.05. The molecule has 1 saturated heterocycles. The molecule has 0 spiro atoms. The Balaban J connectivity index is 1.81. The Bertz CT molecular complexity index is 962. The summed E-state index contributed by atoms with van der Waals surface area (Å²) < 4.78 is 61.5. The van der Waals surface area contributed by atoms with E-state index in [0.29, 0.717) is 6.54 Å². The number of nitrogens with zero attached hydrogens (tertiary/aromatic N) is 1. The van der Waals surface area contributed by atoms with Gasteiger partial charge in [0, 0.05) is 13.1 Å². The first-order chi connectivity index (χ1) is 13.6. The van der Waals surface area contributed by atoms with Crippen LogP contribution in [-0.2, 0) is 28.6 Å². The highest BCUT2D eigenvalue weighted by Gasteiger charge is 2.40. The van der Waals surface area contributed by atoms with E-state index in [1.54, 1.807) is 24.3 Å². The summed E-state index contributed by atoms with van der Waals surface area (Å²) in [6.07, 6.45) is -1.86. The maximum atomic E-state index is 12.7. The summed E-state index contributed by atoms with van der Waals surface area (Å²) in [7, 11) is -8.10. The quantitative estimate of drug-likeness (QED) is 0.612. The van der Waals surface area contributed by atoms with Crippen molar-refractivity contribution in [3.8, 4) is 0 Å². The van der Waals surface area contributed by atoms with Crippen LogP contribution in [0.15, 0.2) is 58.3 Å². The molecule has 0 aliphatic carbocycles. The van der Waals surface area contributed by atoms with Crippen molar-refractivity contribution in [3.63, 3.8) is 0 Å². The van der Waals surface area contributed by atoms with Gasteiger partial charge in [-0.3, -0.25) is 13.3 Å². The lowest BCUT2D eigenvalue weighted by molar-refractivity contribution is 0.101. The summed E-state index contributed by atoms with van der Waals surface area (Å²) in [4.78, 5) is 1.95. The van der Waals surface area contributed by atoms with Crippen LogP contribution in [0.5, 0.6) is 0 Å². The molecule has 0 radical (unpaired) electrons. The predicted molar refractivity (Wildman–Crippen MR) is 109 cm³/mol. The molecular formula is C20H25NO6S2. The van der Waals surface area contributed by atoms with Gasteiger partial charge in [-0.1, -0.05) is 42.3 Å². The zero-order valence-electron chi connectivity index (χ0n) is 16.6. The van der Waals surface area contributed by atoms with Gasteiger partial charge in [-0.2, -0.15) is 16.8 Å². The van der Waals surface area contributed by atoms with Crippen LogP contribution in [0.4, 0.5) is 0 Å². The fourth-order valence-electron chi connectivity index (χ4n) is 3.11. The number of likely N-dealkylation sites (tertiary alicyclic amines) is 1. The predicted octanol–water partition coefficient (Wildman–Crippen LogP) is 2.49. The standard InChI is InChI=1S/C20H25NO6S2/c1-4-21-13-19(26-28(22,23)17-9-5-15(2)6-10-17)20(14-21)27-29(24,25)18-11-7-16(3)8-12-18/h5-12,19-20H,4,13-14H2,1-3H3/t19-,20+. The number of rotatable bonds is 7. The Morgan fingerprint density at radius 3 is 1.41 bits per heavy atom. The zero-order chi connectivity index (χ0) is 21.2. The maximum Gasteiger partial charge on any atom is 0.297 e. The Hall–Kier alpha value is -1.78. The van der Waals surface area contributed by atoms with E-state index in [4.69, 9.17) is 8.37 Å². The highest BCUT2D eigenvalue weighted by molar-refractivity contribution is 7.87. The van der Waals surface area contributed by atoms with Crippen LogP contribution in [0, 0.1) is 13.8 Å². The molecule has 0 amide bonds. The molecule has 7 nitrogen and oxygen atoms in total. The van der Waals surface area contributed by atoms with Crippen molar-refractivity contribution in [1.82, 2.24) is 4.90 Å². The monoisotopic (exact) mass is 439 g/mol. The van der Waals surface area contributed by atoms with Gasteiger partial charge in [-0.25, -0.2) is 0 Å². The molecule has 2 aromatic carbocycles. The van der Waals surface area contributed by atoms with E-state index in [0.717, 1.165) is 11.1 Å². The minimum absolute atomic E-state index is 0.0261. The third-order valence-corrected chi connectivity index (χ3v) is 7.56. The van der Waals surface area contributed by atoms with Crippen molar-refractivity contribution in [2.24, 2.45) is 0 Å². The third-order valence-electron chi connectivity index (χ3n) is 4.86. The van der Waals surface area contributed by atoms with Crippen LogP contribution in [-0.4, -0.2) is 53.6 Å². The molecule has 9 heteroatoms. The Kier molecular flexibility index (Phi) is 6.45. The fraction of sp³-hybridized carbons (Fsp3) is 0.400. The zero-order valence-corrected chi connectivity index (χ0v) is 18.2. The first kappa shape index (κ1) is 21.9. The number of hydrogen-bond donors (Lipinski definition) is 0. The average Bonchev–Trinajstić information content (AvgIpc) is 3.02. The van der Waals surface area contributed by atoms with Crippen LogP contribution >= 0.6 is 0 Å². The first-order valence-corrected chi connectivity index (χ1v) is 12.1. The lowest BCUT2D eigenvalue weighted by Crippen LogP contribution is -2.34. The van der Waals surface area contributed by atoms with E-state index >= 15 is 0 Å². The summed E-state index contributed by atoms with van der Waals surface area (Å²) >= 11 is 0. The summed E-state index contributed by atoms with van der Waals surface area (Å²) in [5.41, 5.74) is 1.85. The van der Waals surface area contributed by atoms with Crippen LogP contribution in [0.25, 0.3) is 0 Å². The van der Waals surface area contributed by atoms with Crippen molar-refractivity contribution < 1.29 is 25.2 Å². The second kappa shape index (κ2) is 8.53. The van der Waals surface area contributed by atoms with E-state index in [1.165, 1.54) is 24.3 Å².